The van der Waals surface area contributed by atoms with Gasteiger partial charge in [0, 0.05) is 23.7 Å². The van der Waals surface area contributed by atoms with Gasteiger partial charge in [-0.25, -0.2) is 0 Å². The number of benzene rings is 1. The maximum atomic E-state index is 5.37. The van der Waals surface area contributed by atoms with Gasteiger partial charge in [-0.3, -0.25) is 0 Å². The molecule has 1 aromatic carbocycles. The van der Waals surface area contributed by atoms with Gasteiger partial charge in [0.05, 0.1) is 13.7 Å². The van der Waals surface area contributed by atoms with Crippen molar-refractivity contribution in [3.8, 4) is 17.2 Å². The number of methoxy groups -OCH3 is 1. The van der Waals surface area contributed by atoms with Crippen LogP contribution in [0.3, 0.4) is 0 Å². The molecule has 0 bridgehead atoms. The summed E-state index contributed by atoms with van der Waals surface area (Å²) in [6.07, 6.45) is 0.954. The topological polar surface area (TPSA) is 57.4 Å². The molecule has 0 saturated carbocycles. The van der Waals surface area contributed by atoms with Gasteiger partial charge < -0.3 is 14.0 Å². The second-order valence-electron chi connectivity index (χ2n) is 4.65. The van der Waals surface area contributed by atoms with Gasteiger partial charge in [-0.05, 0) is 25.5 Å². The monoisotopic (exact) mass is 260 g/mol. The van der Waals surface area contributed by atoms with E-state index >= 15 is 0 Å². The highest BCUT2D eigenvalue weighted by molar-refractivity contribution is 5.62. The Morgan fingerprint density at radius 2 is 2.26 bits per heavy atom. The van der Waals surface area contributed by atoms with Crippen molar-refractivity contribution in [2.24, 2.45) is 0 Å². The normalized spacial score (nSPS) is 18.7. The molecular weight excluding hydrogens is 244 g/mol. The predicted octanol–water partition coefficient (Wildman–Crippen LogP) is 2.56. The van der Waals surface area contributed by atoms with E-state index in [0.717, 1.165) is 35.7 Å². The van der Waals surface area contributed by atoms with Crippen LogP contribution in [0.2, 0.25) is 0 Å². The largest absolute Gasteiger partial charge is 0.496 e. The second-order valence-corrected chi connectivity index (χ2v) is 4.65. The summed E-state index contributed by atoms with van der Waals surface area (Å²) >= 11 is 0. The molecule has 0 radical (unpaired) electrons. The number of aromatic nitrogens is 2. The van der Waals surface area contributed by atoms with Crippen molar-refractivity contribution in [1.29, 1.82) is 0 Å². The summed E-state index contributed by atoms with van der Waals surface area (Å²) in [5, 5.41) is 4.06. The molecule has 1 aliphatic heterocycles. The third-order valence-electron chi connectivity index (χ3n) is 3.47. The minimum absolute atomic E-state index is 0.253. The average molecular weight is 260 g/mol. The number of ether oxygens (including phenoxy) is 2. The fourth-order valence-electron chi connectivity index (χ4n) is 2.32. The lowest BCUT2D eigenvalue weighted by atomic mass is 10.1. The Bertz CT molecular complexity index is 574. The lowest BCUT2D eigenvalue weighted by molar-refractivity contribution is 0.192. The first-order chi connectivity index (χ1) is 9.29. The SMILES string of the molecule is COc1cccc(-c2nc([C@H]3CCOC3)no2)c1C. The number of nitrogens with zero attached hydrogens (tertiary/aromatic N) is 2. The molecule has 1 aliphatic rings. The molecule has 1 aromatic heterocycles. The third-order valence-corrected chi connectivity index (χ3v) is 3.47. The molecule has 19 heavy (non-hydrogen) atoms. The molecule has 1 atom stereocenters. The summed E-state index contributed by atoms with van der Waals surface area (Å²) in [4.78, 5) is 4.49. The van der Waals surface area contributed by atoms with Crippen LogP contribution in [0.25, 0.3) is 11.5 Å². The molecule has 0 unspecified atom stereocenters. The first-order valence-corrected chi connectivity index (χ1v) is 6.35. The van der Waals surface area contributed by atoms with E-state index in [1.54, 1.807) is 7.11 Å². The summed E-state index contributed by atoms with van der Waals surface area (Å²) in [6.45, 7) is 3.43. The van der Waals surface area contributed by atoms with Gasteiger partial charge >= 0.3 is 0 Å². The van der Waals surface area contributed by atoms with Crippen LogP contribution in [0.5, 0.6) is 5.75 Å². The summed E-state index contributed by atoms with van der Waals surface area (Å²) in [6, 6.07) is 5.80. The van der Waals surface area contributed by atoms with E-state index in [9.17, 15) is 0 Å². The predicted molar refractivity (Wildman–Crippen MR) is 69.2 cm³/mol. The number of hydrogen-bond donors (Lipinski definition) is 0. The molecular formula is C14H16N2O3. The Morgan fingerprint density at radius 3 is 3.00 bits per heavy atom. The van der Waals surface area contributed by atoms with Crippen molar-refractivity contribution >= 4 is 0 Å². The molecule has 1 saturated heterocycles. The first kappa shape index (κ1) is 12.2. The third kappa shape index (κ3) is 2.21. The van der Waals surface area contributed by atoms with Gasteiger partial charge in [-0.15, -0.1) is 0 Å². The van der Waals surface area contributed by atoms with E-state index in [-0.39, 0.29) is 5.92 Å². The van der Waals surface area contributed by atoms with Crippen LogP contribution >= 0.6 is 0 Å². The molecule has 100 valence electrons. The lowest BCUT2D eigenvalue weighted by Gasteiger charge is -2.06. The van der Waals surface area contributed by atoms with Crippen LogP contribution < -0.4 is 4.74 Å². The zero-order valence-electron chi connectivity index (χ0n) is 11.0. The maximum absolute atomic E-state index is 5.37. The second kappa shape index (κ2) is 5.01. The van der Waals surface area contributed by atoms with E-state index in [1.807, 2.05) is 25.1 Å². The van der Waals surface area contributed by atoms with Crippen molar-refractivity contribution in [1.82, 2.24) is 10.1 Å². The van der Waals surface area contributed by atoms with E-state index in [1.165, 1.54) is 0 Å². The molecule has 1 fully saturated rings. The number of rotatable bonds is 3. The van der Waals surface area contributed by atoms with Crippen LogP contribution in [0, 0.1) is 6.92 Å². The van der Waals surface area contributed by atoms with E-state index in [2.05, 4.69) is 10.1 Å². The van der Waals surface area contributed by atoms with Crippen molar-refractivity contribution in [2.45, 2.75) is 19.3 Å². The first-order valence-electron chi connectivity index (χ1n) is 6.35. The smallest absolute Gasteiger partial charge is 0.258 e. The van der Waals surface area contributed by atoms with Gasteiger partial charge in [0.25, 0.3) is 5.89 Å². The molecule has 5 nitrogen and oxygen atoms in total. The molecule has 0 amide bonds. The Morgan fingerprint density at radius 1 is 1.37 bits per heavy atom. The summed E-state index contributed by atoms with van der Waals surface area (Å²) in [5.41, 5.74) is 1.92. The molecule has 5 heteroatoms. The minimum atomic E-state index is 0.253. The summed E-state index contributed by atoms with van der Waals surface area (Å²) < 4.78 is 16.0. The van der Waals surface area contributed by atoms with Crippen LogP contribution in [0.1, 0.15) is 23.7 Å². The van der Waals surface area contributed by atoms with Crippen molar-refractivity contribution in [2.75, 3.05) is 20.3 Å². The molecule has 2 heterocycles. The summed E-state index contributed by atoms with van der Waals surface area (Å²) in [7, 11) is 1.65. The molecule has 0 spiro atoms. The van der Waals surface area contributed by atoms with Gasteiger partial charge in [0.1, 0.15) is 5.75 Å². The van der Waals surface area contributed by atoms with E-state index in [0.29, 0.717) is 12.5 Å². The standard InChI is InChI=1S/C14H16N2O3/c1-9-11(4-3-5-12(9)17-2)14-15-13(16-19-14)10-6-7-18-8-10/h3-5,10H,6-8H2,1-2H3/t10-/m0/s1. The van der Waals surface area contributed by atoms with Crippen LogP contribution in [-0.2, 0) is 4.74 Å². The van der Waals surface area contributed by atoms with Crippen molar-refractivity contribution in [3.63, 3.8) is 0 Å². The highest BCUT2D eigenvalue weighted by Crippen LogP contribution is 2.30. The Labute approximate surface area is 111 Å². The van der Waals surface area contributed by atoms with Gasteiger partial charge in [0.15, 0.2) is 5.82 Å². The minimum Gasteiger partial charge on any atom is -0.496 e. The maximum Gasteiger partial charge on any atom is 0.258 e. The highest BCUT2D eigenvalue weighted by atomic mass is 16.5. The zero-order valence-corrected chi connectivity index (χ0v) is 11.0. The van der Waals surface area contributed by atoms with Gasteiger partial charge in [0.2, 0.25) is 0 Å². The van der Waals surface area contributed by atoms with Crippen LogP contribution in [-0.4, -0.2) is 30.5 Å². The Hall–Kier alpha value is -1.88. The average Bonchev–Trinajstić information content (AvgIpc) is 3.09. The van der Waals surface area contributed by atoms with Gasteiger partial charge in [-0.2, -0.15) is 4.98 Å². The number of hydrogen-bond acceptors (Lipinski definition) is 5. The lowest BCUT2D eigenvalue weighted by Crippen LogP contribution is -1.99. The fraction of sp³-hybridized carbons (Fsp3) is 0.429. The van der Waals surface area contributed by atoms with E-state index in [4.69, 9.17) is 14.0 Å². The van der Waals surface area contributed by atoms with Gasteiger partial charge in [-0.1, -0.05) is 11.2 Å². The Balaban J connectivity index is 1.94. The molecule has 0 aliphatic carbocycles. The summed E-state index contributed by atoms with van der Waals surface area (Å²) in [5.74, 6) is 2.35. The van der Waals surface area contributed by atoms with E-state index < -0.39 is 0 Å². The molecule has 0 N–H and O–H groups in total. The van der Waals surface area contributed by atoms with Crippen molar-refractivity contribution in [3.05, 3.63) is 29.6 Å². The highest BCUT2D eigenvalue weighted by Gasteiger charge is 2.24. The molecule has 3 rings (SSSR count). The van der Waals surface area contributed by atoms with Crippen LogP contribution in [0.4, 0.5) is 0 Å². The Kier molecular flexibility index (Phi) is 3.21. The molecule has 2 aromatic rings. The fourth-order valence-corrected chi connectivity index (χ4v) is 2.32. The zero-order chi connectivity index (χ0) is 13.2. The van der Waals surface area contributed by atoms with Crippen molar-refractivity contribution < 1.29 is 14.0 Å². The quantitative estimate of drug-likeness (QED) is 0.848. The van der Waals surface area contributed by atoms with Crippen LogP contribution in [0.15, 0.2) is 22.7 Å².